The lowest BCUT2D eigenvalue weighted by Gasteiger charge is -2.38. The van der Waals surface area contributed by atoms with Crippen molar-refractivity contribution in [2.45, 2.75) is 67.1 Å². The normalized spacial score (nSPS) is 29.5. The zero-order valence-corrected chi connectivity index (χ0v) is 25.9. The number of aliphatic hydroxyl groups excluding tert-OH is 1. The number of amides is 3. The standard InChI is InChI=1S/C30H35BrClN3O4S/c1-16(2)12-19(15-36)35-26(28(38)34-24-17(3)8-7-11-21(24)32)30-13-20(31)25(40-30)22(23(30)29(35)39)27(37)33-14-18-9-5-4-6-10-18/h4-11,16,19-20,22-23,25-26,36H,12-15H2,1-3H3,(H,33,37)(H,34,38)/t19-,20?,22-,23+,25-,26?,30?/m1/s1. The van der Waals surface area contributed by atoms with Crippen molar-refractivity contribution in [3.05, 3.63) is 64.7 Å². The van der Waals surface area contributed by atoms with Gasteiger partial charge in [0.15, 0.2) is 0 Å². The van der Waals surface area contributed by atoms with Gasteiger partial charge in [0, 0.05) is 16.6 Å². The smallest absolute Gasteiger partial charge is 0.248 e. The second kappa shape index (κ2) is 11.7. The maximum atomic E-state index is 14.4. The lowest BCUT2D eigenvalue weighted by molar-refractivity contribution is -0.142. The van der Waals surface area contributed by atoms with Crippen LogP contribution in [0.3, 0.4) is 0 Å². The summed E-state index contributed by atoms with van der Waals surface area (Å²) in [5, 5.41) is 16.8. The van der Waals surface area contributed by atoms with E-state index in [2.05, 4.69) is 26.6 Å². The molecule has 10 heteroatoms. The van der Waals surface area contributed by atoms with Gasteiger partial charge in [-0.15, -0.1) is 11.8 Å². The topological polar surface area (TPSA) is 98.7 Å². The number of carbonyl (C=O) groups is 3. The number of aryl methyl sites for hydroxylation is 1. The van der Waals surface area contributed by atoms with Gasteiger partial charge in [0.25, 0.3) is 0 Å². The Balaban J connectivity index is 1.52. The monoisotopic (exact) mass is 647 g/mol. The largest absolute Gasteiger partial charge is 0.394 e. The third-order valence-corrected chi connectivity index (χ3v) is 11.9. The van der Waals surface area contributed by atoms with E-state index in [4.69, 9.17) is 11.6 Å². The van der Waals surface area contributed by atoms with Crippen LogP contribution in [0.25, 0.3) is 0 Å². The maximum Gasteiger partial charge on any atom is 0.248 e. The fraction of sp³-hybridized carbons (Fsp3) is 0.500. The number of rotatable bonds is 9. The third-order valence-electron chi connectivity index (χ3n) is 8.41. The number of para-hydroxylation sites is 1. The van der Waals surface area contributed by atoms with Gasteiger partial charge in [0.2, 0.25) is 17.7 Å². The van der Waals surface area contributed by atoms with E-state index >= 15 is 0 Å². The highest BCUT2D eigenvalue weighted by atomic mass is 79.9. The average molecular weight is 649 g/mol. The molecule has 3 saturated heterocycles. The SMILES string of the molecule is Cc1cccc(Cl)c1NC(=O)C1N([C@@H](CO)CC(C)C)C(=O)[C@@H]2[C@@H](C(=O)NCc3ccccc3)[C@@H]3SC12CC3Br. The number of hydrogen-bond acceptors (Lipinski definition) is 5. The highest BCUT2D eigenvalue weighted by Gasteiger charge is 2.76. The number of carbonyl (C=O) groups excluding carboxylic acids is 3. The van der Waals surface area contributed by atoms with Gasteiger partial charge >= 0.3 is 0 Å². The lowest BCUT2D eigenvalue weighted by atomic mass is 9.70. The molecule has 2 aromatic carbocycles. The molecule has 0 radical (unpaired) electrons. The van der Waals surface area contributed by atoms with Gasteiger partial charge in [-0.25, -0.2) is 0 Å². The van der Waals surface area contributed by atoms with Gasteiger partial charge < -0.3 is 20.6 Å². The van der Waals surface area contributed by atoms with Crippen LogP contribution in [0.15, 0.2) is 48.5 Å². The second-order valence-corrected chi connectivity index (χ2v) is 14.6. The molecule has 0 saturated carbocycles. The summed E-state index contributed by atoms with van der Waals surface area (Å²) in [4.78, 5) is 43.9. The molecule has 3 fully saturated rings. The number of thioether (sulfide) groups is 1. The fourth-order valence-corrected chi connectivity index (χ4v) is 10.6. The molecular weight excluding hydrogens is 614 g/mol. The molecular formula is C30H35BrClN3O4S. The van der Waals surface area contributed by atoms with Crippen molar-refractivity contribution >= 4 is 62.7 Å². The Morgan fingerprint density at radius 1 is 1.18 bits per heavy atom. The molecule has 40 heavy (non-hydrogen) atoms. The molecule has 3 aliphatic rings. The van der Waals surface area contributed by atoms with Crippen molar-refractivity contribution in [1.82, 2.24) is 10.2 Å². The Morgan fingerprint density at radius 2 is 1.90 bits per heavy atom. The van der Waals surface area contributed by atoms with Crippen LogP contribution in [0.4, 0.5) is 5.69 Å². The first-order chi connectivity index (χ1) is 19.1. The first-order valence-electron chi connectivity index (χ1n) is 13.7. The van der Waals surface area contributed by atoms with Crippen LogP contribution < -0.4 is 10.6 Å². The first-order valence-corrected chi connectivity index (χ1v) is 15.9. The Bertz CT molecular complexity index is 1280. The summed E-state index contributed by atoms with van der Waals surface area (Å²) in [6, 6.07) is 13.7. The van der Waals surface area contributed by atoms with E-state index in [-0.39, 0.29) is 40.3 Å². The summed E-state index contributed by atoms with van der Waals surface area (Å²) in [6.07, 6.45) is 1.10. The van der Waals surface area contributed by atoms with Crippen LogP contribution in [0.5, 0.6) is 0 Å². The van der Waals surface area contributed by atoms with Crippen molar-refractivity contribution in [3.8, 4) is 0 Å². The van der Waals surface area contributed by atoms with Crippen molar-refractivity contribution in [2.75, 3.05) is 11.9 Å². The zero-order valence-electron chi connectivity index (χ0n) is 22.8. The average Bonchev–Trinajstić information content (AvgIpc) is 3.51. The molecule has 5 rings (SSSR count). The Labute approximate surface area is 252 Å². The molecule has 0 aliphatic carbocycles. The molecule has 3 unspecified atom stereocenters. The molecule has 214 valence electrons. The van der Waals surface area contributed by atoms with E-state index in [9.17, 15) is 19.5 Å². The number of likely N-dealkylation sites (tertiary alicyclic amines) is 1. The quantitative estimate of drug-likeness (QED) is 0.340. The summed E-state index contributed by atoms with van der Waals surface area (Å²) in [7, 11) is 0. The fourth-order valence-electron chi connectivity index (χ4n) is 6.76. The summed E-state index contributed by atoms with van der Waals surface area (Å²) in [6.45, 7) is 6.02. The molecule has 3 amide bonds. The van der Waals surface area contributed by atoms with Gasteiger partial charge in [-0.05, 0) is 42.9 Å². The first kappa shape index (κ1) is 29.4. The van der Waals surface area contributed by atoms with Crippen molar-refractivity contribution < 1.29 is 19.5 Å². The predicted molar refractivity (Wildman–Crippen MR) is 162 cm³/mol. The number of benzene rings is 2. The van der Waals surface area contributed by atoms with Gasteiger partial charge in [-0.1, -0.05) is 83.8 Å². The van der Waals surface area contributed by atoms with Gasteiger partial charge in [0.1, 0.15) is 6.04 Å². The van der Waals surface area contributed by atoms with Crippen LogP contribution in [-0.2, 0) is 20.9 Å². The van der Waals surface area contributed by atoms with Gasteiger partial charge in [-0.3, -0.25) is 14.4 Å². The predicted octanol–water partition coefficient (Wildman–Crippen LogP) is 4.77. The summed E-state index contributed by atoms with van der Waals surface area (Å²) in [5.41, 5.74) is 2.29. The van der Waals surface area contributed by atoms with Gasteiger partial charge in [-0.2, -0.15) is 0 Å². The summed E-state index contributed by atoms with van der Waals surface area (Å²) < 4.78 is -0.811. The second-order valence-electron chi connectivity index (χ2n) is 11.5. The van der Waals surface area contributed by atoms with Crippen LogP contribution in [0.1, 0.15) is 37.8 Å². The van der Waals surface area contributed by atoms with E-state index in [1.165, 1.54) is 0 Å². The van der Waals surface area contributed by atoms with E-state index in [1.54, 1.807) is 22.7 Å². The summed E-state index contributed by atoms with van der Waals surface area (Å²) in [5.74, 6) is -1.83. The Hall–Kier alpha value is -2.07. The van der Waals surface area contributed by atoms with Crippen molar-refractivity contribution in [3.63, 3.8) is 0 Å². The minimum atomic E-state index is -0.862. The number of alkyl halides is 1. The number of aliphatic hydroxyl groups is 1. The molecule has 0 aromatic heterocycles. The zero-order chi connectivity index (χ0) is 28.8. The maximum absolute atomic E-state index is 14.4. The third kappa shape index (κ3) is 5.08. The number of anilines is 1. The number of halogens is 2. The minimum absolute atomic E-state index is 0.0380. The Kier molecular flexibility index (Phi) is 8.58. The molecule has 3 heterocycles. The molecule has 3 aliphatic heterocycles. The number of nitrogens with one attached hydrogen (secondary N) is 2. The number of hydrogen-bond donors (Lipinski definition) is 3. The van der Waals surface area contributed by atoms with Crippen LogP contribution in [-0.4, -0.2) is 61.2 Å². The number of fused-ring (bicyclic) bond motifs is 1. The number of nitrogens with zero attached hydrogens (tertiary/aromatic N) is 1. The van der Waals surface area contributed by atoms with E-state index in [0.29, 0.717) is 30.1 Å². The van der Waals surface area contributed by atoms with E-state index < -0.39 is 28.7 Å². The highest BCUT2D eigenvalue weighted by Crippen LogP contribution is 2.68. The lowest BCUT2D eigenvalue weighted by Crippen LogP contribution is -2.55. The van der Waals surface area contributed by atoms with Gasteiger partial charge in [0.05, 0.1) is 39.9 Å². The van der Waals surface area contributed by atoms with Crippen LogP contribution in [0, 0.1) is 24.7 Å². The molecule has 2 bridgehead atoms. The molecule has 2 aromatic rings. The van der Waals surface area contributed by atoms with E-state index in [1.807, 2.05) is 63.2 Å². The molecule has 7 atom stereocenters. The molecule has 3 N–H and O–H groups in total. The van der Waals surface area contributed by atoms with Crippen LogP contribution >= 0.6 is 39.3 Å². The van der Waals surface area contributed by atoms with Crippen molar-refractivity contribution in [1.29, 1.82) is 0 Å². The molecule has 1 spiro atoms. The van der Waals surface area contributed by atoms with Crippen molar-refractivity contribution in [2.24, 2.45) is 17.8 Å². The molecule has 7 nitrogen and oxygen atoms in total. The minimum Gasteiger partial charge on any atom is -0.394 e. The Morgan fingerprint density at radius 3 is 2.55 bits per heavy atom. The summed E-state index contributed by atoms with van der Waals surface area (Å²) >= 11 is 11.8. The van der Waals surface area contributed by atoms with Crippen LogP contribution in [0.2, 0.25) is 5.02 Å². The van der Waals surface area contributed by atoms with E-state index in [0.717, 1.165) is 11.1 Å². The highest BCUT2D eigenvalue weighted by molar-refractivity contribution is 9.09.